The Morgan fingerprint density at radius 2 is 2.29 bits per heavy atom. The minimum absolute atomic E-state index is 0.0981. The van der Waals surface area contributed by atoms with Crippen LogP contribution >= 0.6 is 22.6 Å². The van der Waals surface area contributed by atoms with Gasteiger partial charge in [0.1, 0.15) is 5.60 Å². The van der Waals surface area contributed by atoms with E-state index in [9.17, 15) is 4.79 Å². The molecule has 1 aliphatic heterocycles. The molecule has 1 amide bonds. The lowest BCUT2D eigenvalue weighted by molar-refractivity contribution is 0.0242. The summed E-state index contributed by atoms with van der Waals surface area (Å²) in [6.45, 7) is 5.97. The largest absolute Gasteiger partial charge is 0.444 e. The molecule has 1 fully saturated rings. The standard InChI is InChI=1S/C10H17IN4O2/c1-10(2,3)17-9(16)15-6-7(13-14-12)4-8(15)5-11/h7-8H,4-6H2,1-3H3/t7-,8+/m1/s1. The Morgan fingerprint density at radius 1 is 1.65 bits per heavy atom. The molecule has 1 rings (SSSR count). The number of carbonyl (C=O) groups excluding carboxylic acids is 1. The summed E-state index contributed by atoms with van der Waals surface area (Å²) in [5.41, 5.74) is 7.92. The van der Waals surface area contributed by atoms with Gasteiger partial charge in [0.05, 0.1) is 6.04 Å². The Morgan fingerprint density at radius 3 is 2.76 bits per heavy atom. The molecule has 2 atom stereocenters. The van der Waals surface area contributed by atoms with Gasteiger partial charge in [0.2, 0.25) is 0 Å². The number of amides is 1. The van der Waals surface area contributed by atoms with E-state index in [-0.39, 0.29) is 18.2 Å². The predicted octanol–water partition coefficient (Wildman–Crippen LogP) is 3.11. The maximum absolute atomic E-state index is 11.9. The van der Waals surface area contributed by atoms with Crippen molar-refractivity contribution < 1.29 is 9.53 Å². The molecule has 0 aromatic rings. The summed E-state index contributed by atoms with van der Waals surface area (Å²) in [4.78, 5) is 16.4. The number of rotatable bonds is 2. The second-order valence-electron chi connectivity index (χ2n) is 5.04. The number of alkyl halides is 1. The van der Waals surface area contributed by atoms with E-state index in [2.05, 4.69) is 32.6 Å². The molecular formula is C10H17IN4O2. The monoisotopic (exact) mass is 352 g/mol. The molecule has 0 aromatic carbocycles. The molecule has 0 bridgehead atoms. The number of ether oxygens (including phenoxy) is 1. The van der Waals surface area contributed by atoms with Crippen molar-refractivity contribution in [1.82, 2.24) is 4.90 Å². The Balaban J connectivity index is 2.68. The van der Waals surface area contributed by atoms with Crippen LogP contribution in [0.2, 0.25) is 0 Å². The summed E-state index contributed by atoms with van der Waals surface area (Å²) in [5.74, 6) is 0. The van der Waals surface area contributed by atoms with Crippen molar-refractivity contribution in [3.63, 3.8) is 0 Å². The highest BCUT2D eigenvalue weighted by Gasteiger charge is 2.36. The van der Waals surface area contributed by atoms with E-state index < -0.39 is 5.60 Å². The minimum atomic E-state index is -0.497. The molecule has 0 aromatic heterocycles. The summed E-state index contributed by atoms with van der Waals surface area (Å²) in [5, 5.41) is 3.68. The van der Waals surface area contributed by atoms with Gasteiger partial charge in [0.25, 0.3) is 0 Å². The first-order valence-corrected chi connectivity index (χ1v) is 6.99. The average molecular weight is 352 g/mol. The van der Waals surface area contributed by atoms with Gasteiger partial charge in [0.15, 0.2) is 0 Å². The van der Waals surface area contributed by atoms with Gasteiger partial charge in [-0.25, -0.2) is 4.79 Å². The van der Waals surface area contributed by atoms with Crippen LogP contribution < -0.4 is 0 Å². The van der Waals surface area contributed by atoms with Crippen LogP contribution in [0.3, 0.4) is 0 Å². The van der Waals surface area contributed by atoms with Crippen LogP contribution in [0.1, 0.15) is 27.2 Å². The number of carbonyl (C=O) groups is 1. The van der Waals surface area contributed by atoms with Gasteiger partial charge >= 0.3 is 6.09 Å². The zero-order valence-corrected chi connectivity index (χ0v) is 12.4. The average Bonchev–Trinajstić information content (AvgIpc) is 2.59. The molecule has 17 heavy (non-hydrogen) atoms. The van der Waals surface area contributed by atoms with Crippen molar-refractivity contribution in [2.45, 2.75) is 44.9 Å². The lowest BCUT2D eigenvalue weighted by atomic mass is 10.2. The third-order valence-corrected chi connectivity index (χ3v) is 3.43. The van der Waals surface area contributed by atoms with E-state index in [0.29, 0.717) is 13.0 Å². The first kappa shape index (κ1) is 14.4. The maximum atomic E-state index is 11.9. The molecule has 1 aliphatic rings. The van der Waals surface area contributed by atoms with Crippen molar-refractivity contribution in [3.8, 4) is 0 Å². The maximum Gasteiger partial charge on any atom is 0.410 e. The Labute approximate surface area is 114 Å². The molecule has 7 heteroatoms. The molecule has 0 aliphatic carbocycles. The first-order valence-electron chi connectivity index (χ1n) is 5.47. The molecule has 0 radical (unpaired) electrons. The third kappa shape index (κ3) is 4.23. The van der Waals surface area contributed by atoms with Crippen molar-refractivity contribution in [1.29, 1.82) is 0 Å². The quantitative estimate of drug-likeness (QED) is 0.252. The highest BCUT2D eigenvalue weighted by molar-refractivity contribution is 14.1. The van der Waals surface area contributed by atoms with Crippen LogP contribution in [0, 0.1) is 0 Å². The van der Waals surface area contributed by atoms with Crippen LogP contribution in [0.25, 0.3) is 10.4 Å². The molecule has 0 N–H and O–H groups in total. The molecule has 1 heterocycles. The topological polar surface area (TPSA) is 78.3 Å². The fourth-order valence-electron chi connectivity index (χ4n) is 1.74. The van der Waals surface area contributed by atoms with E-state index in [1.807, 2.05) is 20.8 Å². The number of likely N-dealkylation sites (tertiary alicyclic amines) is 1. The molecule has 96 valence electrons. The van der Waals surface area contributed by atoms with Crippen molar-refractivity contribution in [2.24, 2.45) is 5.11 Å². The second kappa shape index (κ2) is 5.77. The van der Waals surface area contributed by atoms with Gasteiger partial charge in [-0.05, 0) is 32.7 Å². The van der Waals surface area contributed by atoms with Gasteiger partial charge in [-0.2, -0.15) is 0 Å². The highest BCUT2D eigenvalue weighted by atomic mass is 127. The molecule has 0 unspecified atom stereocenters. The van der Waals surface area contributed by atoms with E-state index in [1.165, 1.54) is 0 Å². The van der Waals surface area contributed by atoms with Crippen LogP contribution in [0.4, 0.5) is 4.79 Å². The van der Waals surface area contributed by atoms with Crippen LogP contribution in [-0.2, 0) is 4.74 Å². The van der Waals surface area contributed by atoms with Gasteiger partial charge in [-0.1, -0.05) is 27.7 Å². The van der Waals surface area contributed by atoms with Gasteiger partial charge in [0, 0.05) is 21.9 Å². The van der Waals surface area contributed by atoms with E-state index in [4.69, 9.17) is 10.3 Å². The van der Waals surface area contributed by atoms with Gasteiger partial charge in [-0.3, -0.25) is 0 Å². The second-order valence-corrected chi connectivity index (χ2v) is 5.92. The number of hydrogen-bond acceptors (Lipinski definition) is 3. The number of hydrogen-bond donors (Lipinski definition) is 0. The van der Waals surface area contributed by atoms with Crippen molar-refractivity contribution >= 4 is 28.7 Å². The number of azide groups is 1. The zero-order chi connectivity index (χ0) is 13.1. The number of nitrogens with zero attached hydrogens (tertiary/aromatic N) is 4. The fraction of sp³-hybridized carbons (Fsp3) is 0.900. The fourth-order valence-corrected chi connectivity index (χ4v) is 2.57. The Bertz CT molecular complexity index is 336. The normalized spacial score (nSPS) is 24.4. The minimum Gasteiger partial charge on any atom is -0.444 e. The molecule has 0 saturated carbocycles. The predicted molar refractivity (Wildman–Crippen MR) is 73.2 cm³/mol. The van der Waals surface area contributed by atoms with Gasteiger partial charge < -0.3 is 9.64 Å². The van der Waals surface area contributed by atoms with E-state index in [1.54, 1.807) is 4.90 Å². The molecule has 0 spiro atoms. The molecule has 1 saturated heterocycles. The van der Waals surface area contributed by atoms with Gasteiger partial charge in [-0.15, -0.1) is 0 Å². The SMILES string of the molecule is CC(C)(C)OC(=O)N1C[C@H](N=[N+]=[N-])C[C@H]1CI. The van der Waals surface area contributed by atoms with Crippen molar-refractivity contribution in [2.75, 3.05) is 11.0 Å². The summed E-state index contributed by atoms with van der Waals surface area (Å²) >= 11 is 2.23. The third-order valence-electron chi connectivity index (χ3n) is 2.41. The van der Waals surface area contributed by atoms with Crippen molar-refractivity contribution in [3.05, 3.63) is 10.4 Å². The number of halogens is 1. The van der Waals surface area contributed by atoms with Crippen LogP contribution in [-0.4, -0.2) is 39.7 Å². The summed E-state index contributed by atoms with van der Waals surface area (Å²) in [7, 11) is 0. The summed E-state index contributed by atoms with van der Waals surface area (Å²) in [6.07, 6.45) is 0.390. The van der Waals surface area contributed by atoms with E-state index in [0.717, 1.165) is 4.43 Å². The Kier molecular flexibility index (Phi) is 4.88. The summed E-state index contributed by atoms with van der Waals surface area (Å²) in [6, 6.07) is -0.0340. The lowest BCUT2D eigenvalue weighted by Crippen LogP contribution is -2.40. The van der Waals surface area contributed by atoms with Crippen LogP contribution in [0.5, 0.6) is 0 Å². The zero-order valence-electron chi connectivity index (χ0n) is 10.3. The Hall–Kier alpha value is -0.690. The first-order chi connectivity index (χ1) is 7.87. The van der Waals surface area contributed by atoms with E-state index >= 15 is 0 Å². The summed E-state index contributed by atoms with van der Waals surface area (Å²) < 4.78 is 6.14. The van der Waals surface area contributed by atoms with Crippen LogP contribution in [0.15, 0.2) is 5.11 Å². The smallest absolute Gasteiger partial charge is 0.410 e. The lowest BCUT2D eigenvalue weighted by Gasteiger charge is -2.27. The highest BCUT2D eigenvalue weighted by Crippen LogP contribution is 2.24. The molecular weight excluding hydrogens is 335 g/mol. The molecule has 6 nitrogen and oxygen atoms in total.